The molecule has 2 aromatic rings. The maximum Gasteiger partial charge on any atom is 0.161 e. The minimum atomic E-state index is 0.630. The average molecular weight is 346 g/mol. The van der Waals surface area contributed by atoms with Crippen LogP contribution in [0.4, 0.5) is 0 Å². The lowest BCUT2D eigenvalue weighted by Gasteiger charge is -2.30. The van der Waals surface area contributed by atoms with Crippen molar-refractivity contribution in [2.45, 2.75) is 33.2 Å². The van der Waals surface area contributed by atoms with Crippen LogP contribution in [-0.4, -0.2) is 36.7 Å². The van der Waals surface area contributed by atoms with E-state index in [-0.39, 0.29) is 0 Å². The van der Waals surface area contributed by atoms with Crippen molar-refractivity contribution in [3.05, 3.63) is 29.3 Å². The summed E-state index contributed by atoms with van der Waals surface area (Å²) in [4.78, 5) is 7.35. The van der Waals surface area contributed by atoms with Gasteiger partial charge < -0.3 is 9.47 Å². The van der Waals surface area contributed by atoms with Gasteiger partial charge >= 0.3 is 0 Å². The average Bonchev–Trinajstić information content (AvgIpc) is 3.04. The van der Waals surface area contributed by atoms with Crippen molar-refractivity contribution in [3.63, 3.8) is 0 Å². The summed E-state index contributed by atoms with van der Waals surface area (Å²) in [6.07, 6.45) is 2.65. The van der Waals surface area contributed by atoms with Gasteiger partial charge in [-0.15, -0.1) is 11.3 Å². The van der Waals surface area contributed by atoms with Gasteiger partial charge in [0.05, 0.1) is 19.4 Å². The summed E-state index contributed by atoms with van der Waals surface area (Å²) in [5.74, 6) is 2.34. The second kappa shape index (κ2) is 7.99. The fraction of sp³-hybridized carbons (Fsp3) is 0.526. The number of ether oxygens (including phenoxy) is 2. The van der Waals surface area contributed by atoms with Crippen LogP contribution in [0.2, 0.25) is 0 Å². The number of likely N-dealkylation sites (tertiary alicyclic amines) is 1. The van der Waals surface area contributed by atoms with E-state index >= 15 is 0 Å². The van der Waals surface area contributed by atoms with Crippen molar-refractivity contribution in [2.75, 3.05) is 26.8 Å². The van der Waals surface area contributed by atoms with Crippen LogP contribution < -0.4 is 9.47 Å². The molecule has 0 bridgehead atoms. The fourth-order valence-electron chi connectivity index (χ4n) is 3.25. The van der Waals surface area contributed by atoms with Gasteiger partial charge in [0.25, 0.3) is 0 Å². The normalized spacial score (nSPS) is 18.5. The number of benzene rings is 1. The van der Waals surface area contributed by atoms with Crippen molar-refractivity contribution in [1.82, 2.24) is 9.88 Å². The summed E-state index contributed by atoms with van der Waals surface area (Å²) in [7, 11) is 1.67. The number of hydrogen-bond donors (Lipinski definition) is 0. The van der Waals surface area contributed by atoms with Gasteiger partial charge in [0.2, 0.25) is 0 Å². The van der Waals surface area contributed by atoms with Crippen molar-refractivity contribution < 1.29 is 9.47 Å². The number of piperidine rings is 1. The Bertz CT molecular complexity index is 671. The van der Waals surface area contributed by atoms with E-state index in [1.165, 1.54) is 25.9 Å². The van der Waals surface area contributed by atoms with Crippen molar-refractivity contribution in [2.24, 2.45) is 5.92 Å². The van der Waals surface area contributed by atoms with Gasteiger partial charge in [-0.2, -0.15) is 0 Å². The molecule has 4 nitrogen and oxygen atoms in total. The van der Waals surface area contributed by atoms with E-state index < -0.39 is 0 Å². The lowest BCUT2D eigenvalue weighted by molar-refractivity contribution is 0.175. The Hall–Kier alpha value is -1.59. The fourth-order valence-corrected chi connectivity index (χ4v) is 4.05. The van der Waals surface area contributed by atoms with E-state index in [1.54, 1.807) is 18.4 Å². The first-order chi connectivity index (χ1) is 11.7. The SMILES string of the molecule is CCOc1ccc(-c2nc(CN3CCCC(C)C3)cs2)cc1OC. The third kappa shape index (κ3) is 4.08. The van der Waals surface area contributed by atoms with E-state index in [0.29, 0.717) is 6.61 Å². The molecule has 0 radical (unpaired) electrons. The van der Waals surface area contributed by atoms with Gasteiger partial charge in [0, 0.05) is 24.0 Å². The number of methoxy groups -OCH3 is 1. The highest BCUT2D eigenvalue weighted by Gasteiger charge is 2.17. The predicted molar refractivity (Wildman–Crippen MR) is 98.9 cm³/mol. The molecule has 1 fully saturated rings. The Morgan fingerprint density at radius 2 is 2.21 bits per heavy atom. The molecule has 2 heterocycles. The van der Waals surface area contributed by atoms with E-state index in [2.05, 4.69) is 23.3 Å². The molecule has 130 valence electrons. The van der Waals surface area contributed by atoms with Crippen LogP contribution in [0.15, 0.2) is 23.6 Å². The van der Waals surface area contributed by atoms with Crippen LogP contribution in [-0.2, 0) is 6.54 Å². The Labute approximate surface area is 148 Å². The minimum Gasteiger partial charge on any atom is -0.493 e. The molecule has 0 N–H and O–H groups in total. The zero-order chi connectivity index (χ0) is 16.9. The zero-order valence-electron chi connectivity index (χ0n) is 14.7. The molecule has 1 aliphatic heterocycles. The molecule has 1 aromatic heterocycles. The maximum atomic E-state index is 5.59. The van der Waals surface area contributed by atoms with Crippen LogP contribution >= 0.6 is 11.3 Å². The Kier molecular flexibility index (Phi) is 5.74. The molecule has 3 rings (SSSR count). The van der Waals surface area contributed by atoms with E-state index in [4.69, 9.17) is 14.5 Å². The molecular formula is C19H26N2O2S. The summed E-state index contributed by atoms with van der Waals surface area (Å²) in [5, 5.41) is 3.22. The first-order valence-electron chi connectivity index (χ1n) is 8.67. The standard InChI is InChI=1S/C19H26N2O2S/c1-4-23-17-8-7-15(10-18(17)22-3)19-20-16(13-24-19)12-21-9-5-6-14(2)11-21/h7-8,10,13-14H,4-6,9,11-12H2,1-3H3. The number of aromatic nitrogens is 1. The molecule has 0 spiro atoms. The van der Waals surface area contributed by atoms with Crippen LogP contribution in [0.1, 0.15) is 32.4 Å². The topological polar surface area (TPSA) is 34.6 Å². The lowest BCUT2D eigenvalue weighted by atomic mass is 10.0. The number of rotatable bonds is 6. The highest BCUT2D eigenvalue weighted by Crippen LogP contribution is 2.34. The van der Waals surface area contributed by atoms with Gasteiger partial charge in [-0.1, -0.05) is 6.92 Å². The summed E-state index contributed by atoms with van der Waals surface area (Å²) >= 11 is 1.70. The van der Waals surface area contributed by atoms with Crippen LogP contribution in [0.25, 0.3) is 10.6 Å². The zero-order valence-corrected chi connectivity index (χ0v) is 15.6. The highest BCUT2D eigenvalue weighted by atomic mass is 32.1. The second-order valence-corrected chi connectivity index (χ2v) is 7.28. The van der Waals surface area contributed by atoms with Gasteiger partial charge in [-0.3, -0.25) is 4.90 Å². The van der Waals surface area contributed by atoms with E-state index in [9.17, 15) is 0 Å². The predicted octanol–water partition coefficient (Wildman–Crippen LogP) is 4.45. The smallest absolute Gasteiger partial charge is 0.161 e. The molecule has 5 heteroatoms. The summed E-state index contributed by atoms with van der Waals surface area (Å²) in [5.41, 5.74) is 2.25. The summed E-state index contributed by atoms with van der Waals surface area (Å²) in [6.45, 7) is 8.27. The van der Waals surface area contributed by atoms with E-state index in [0.717, 1.165) is 40.2 Å². The van der Waals surface area contributed by atoms with E-state index in [1.807, 2.05) is 19.1 Å². The molecular weight excluding hydrogens is 320 g/mol. The van der Waals surface area contributed by atoms with Crippen LogP contribution in [0, 0.1) is 5.92 Å². The molecule has 1 saturated heterocycles. The third-order valence-electron chi connectivity index (χ3n) is 4.39. The van der Waals surface area contributed by atoms with Gasteiger partial charge in [-0.25, -0.2) is 4.98 Å². The molecule has 1 unspecified atom stereocenters. The molecule has 0 saturated carbocycles. The number of thiazole rings is 1. The molecule has 24 heavy (non-hydrogen) atoms. The van der Waals surface area contributed by atoms with Crippen molar-refractivity contribution >= 4 is 11.3 Å². The monoisotopic (exact) mass is 346 g/mol. The van der Waals surface area contributed by atoms with Crippen molar-refractivity contribution in [1.29, 1.82) is 0 Å². The molecule has 1 atom stereocenters. The number of hydrogen-bond acceptors (Lipinski definition) is 5. The molecule has 1 aliphatic rings. The first-order valence-corrected chi connectivity index (χ1v) is 9.55. The van der Waals surface area contributed by atoms with Gasteiger partial charge in [-0.05, 0) is 50.4 Å². The van der Waals surface area contributed by atoms with Crippen LogP contribution in [0.3, 0.4) is 0 Å². The Balaban J connectivity index is 1.73. The molecule has 1 aromatic carbocycles. The van der Waals surface area contributed by atoms with Crippen LogP contribution in [0.5, 0.6) is 11.5 Å². The van der Waals surface area contributed by atoms with Gasteiger partial charge in [0.1, 0.15) is 5.01 Å². The summed E-state index contributed by atoms with van der Waals surface area (Å²) in [6, 6.07) is 6.03. The molecule has 0 aliphatic carbocycles. The highest BCUT2D eigenvalue weighted by molar-refractivity contribution is 7.13. The first kappa shape index (κ1) is 17.2. The summed E-state index contributed by atoms with van der Waals surface area (Å²) < 4.78 is 11.0. The lowest BCUT2D eigenvalue weighted by Crippen LogP contribution is -2.33. The maximum absolute atomic E-state index is 5.59. The van der Waals surface area contributed by atoms with Gasteiger partial charge in [0.15, 0.2) is 11.5 Å². The second-order valence-electron chi connectivity index (χ2n) is 6.43. The minimum absolute atomic E-state index is 0.630. The molecule has 0 amide bonds. The Morgan fingerprint density at radius 3 is 2.96 bits per heavy atom. The number of nitrogens with zero attached hydrogens (tertiary/aromatic N) is 2. The largest absolute Gasteiger partial charge is 0.493 e. The quantitative estimate of drug-likeness (QED) is 0.774. The van der Waals surface area contributed by atoms with Crippen molar-refractivity contribution in [3.8, 4) is 22.1 Å². The Morgan fingerprint density at radius 1 is 1.33 bits per heavy atom. The third-order valence-corrected chi connectivity index (χ3v) is 5.33.